The van der Waals surface area contributed by atoms with Crippen LogP contribution in [0.2, 0.25) is 5.02 Å². The summed E-state index contributed by atoms with van der Waals surface area (Å²) in [5.41, 5.74) is 3.28. The SMILES string of the molecule is O=Cc1cc(-n2ncc3nc(Nc4ccccc4Cl)ccc32)cs1. The minimum Gasteiger partial charge on any atom is -0.339 e. The van der Waals surface area contributed by atoms with Crippen LogP contribution in [0.15, 0.2) is 54.0 Å². The Morgan fingerprint density at radius 2 is 2.08 bits per heavy atom. The normalized spacial score (nSPS) is 10.9. The van der Waals surface area contributed by atoms with Gasteiger partial charge in [0.05, 0.1) is 33.0 Å². The Balaban J connectivity index is 1.70. The van der Waals surface area contributed by atoms with Crippen LogP contribution < -0.4 is 5.32 Å². The summed E-state index contributed by atoms with van der Waals surface area (Å²) in [4.78, 5) is 16.1. The lowest BCUT2D eigenvalue weighted by Crippen LogP contribution is -1.96. The molecule has 1 N–H and O–H groups in total. The van der Waals surface area contributed by atoms with E-state index in [2.05, 4.69) is 15.4 Å². The number of halogens is 1. The number of nitrogens with one attached hydrogen (secondary N) is 1. The van der Waals surface area contributed by atoms with Gasteiger partial charge in [0.25, 0.3) is 0 Å². The average Bonchev–Trinajstić information content (AvgIpc) is 3.22. The van der Waals surface area contributed by atoms with Crippen molar-refractivity contribution >= 4 is 51.8 Å². The Morgan fingerprint density at radius 3 is 2.88 bits per heavy atom. The highest BCUT2D eigenvalue weighted by Crippen LogP contribution is 2.26. The van der Waals surface area contributed by atoms with Crippen molar-refractivity contribution < 1.29 is 4.79 Å². The largest absolute Gasteiger partial charge is 0.339 e. The van der Waals surface area contributed by atoms with Crippen LogP contribution in [0.4, 0.5) is 11.5 Å². The quantitative estimate of drug-likeness (QED) is 0.540. The minimum atomic E-state index is 0.634. The summed E-state index contributed by atoms with van der Waals surface area (Å²) in [7, 11) is 0. The Morgan fingerprint density at radius 1 is 1.21 bits per heavy atom. The molecule has 3 aromatic heterocycles. The number of aldehydes is 1. The third-order valence-electron chi connectivity index (χ3n) is 3.53. The summed E-state index contributed by atoms with van der Waals surface area (Å²) in [5.74, 6) is 0.689. The van der Waals surface area contributed by atoms with E-state index in [4.69, 9.17) is 11.6 Å². The van der Waals surface area contributed by atoms with Gasteiger partial charge in [-0.2, -0.15) is 5.10 Å². The number of carbonyl (C=O) groups is 1. The van der Waals surface area contributed by atoms with Crippen LogP contribution in [0.1, 0.15) is 9.67 Å². The van der Waals surface area contributed by atoms with Crippen molar-refractivity contribution in [1.82, 2.24) is 14.8 Å². The maximum atomic E-state index is 10.8. The van der Waals surface area contributed by atoms with Gasteiger partial charge < -0.3 is 5.32 Å². The lowest BCUT2D eigenvalue weighted by molar-refractivity contribution is 0.112. The number of para-hydroxylation sites is 1. The molecule has 0 aliphatic carbocycles. The number of thiophene rings is 1. The van der Waals surface area contributed by atoms with E-state index in [-0.39, 0.29) is 0 Å². The van der Waals surface area contributed by atoms with Crippen LogP contribution in [0.5, 0.6) is 0 Å². The lowest BCUT2D eigenvalue weighted by atomic mass is 10.3. The van der Waals surface area contributed by atoms with Crippen molar-refractivity contribution in [3.05, 3.63) is 63.9 Å². The topological polar surface area (TPSA) is 59.8 Å². The predicted octanol–water partition coefficient (Wildman–Crippen LogP) is 4.69. The molecule has 1 aromatic carbocycles. The van der Waals surface area contributed by atoms with Crippen molar-refractivity contribution in [2.24, 2.45) is 0 Å². The van der Waals surface area contributed by atoms with Crippen molar-refractivity contribution in [3.8, 4) is 5.69 Å². The zero-order valence-corrected chi connectivity index (χ0v) is 13.9. The molecule has 0 atom stereocenters. The Labute approximate surface area is 146 Å². The van der Waals surface area contributed by atoms with Crippen molar-refractivity contribution in [1.29, 1.82) is 0 Å². The first kappa shape index (κ1) is 14.9. The standard InChI is InChI=1S/C17H11ClN4OS/c18-13-3-1-2-4-14(13)20-17-6-5-16-15(21-17)8-19-22(16)11-7-12(9-23)24-10-11/h1-10H,(H,20,21). The van der Waals surface area contributed by atoms with Gasteiger partial charge in [0, 0.05) is 5.38 Å². The van der Waals surface area contributed by atoms with Gasteiger partial charge >= 0.3 is 0 Å². The van der Waals surface area contributed by atoms with E-state index in [1.807, 2.05) is 41.8 Å². The molecule has 0 bridgehead atoms. The summed E-state index contributed by atoms with van der Waals surface area (Å²) < 4.78 is 1.77. The van der Waals surface area contributed by atoms with Crippen LogP contribution in [-0.4, -0.2) is 21.1 Å². The summed E-state index contributed by atoms with van der Waals surface area (Å²) >= 11 is 7.55. The molecule has 118 valence electrons. The molecule has 0 amide bonds. The number of anilines is 2. The Bertz CT molecular complexity index is 1040. The highest BCUT2D eigenvalue weighted by molar-refractivity contribution is 7.12. The molecule has 0 saturated heterocycles. The van der Waals surface area contributed by atoms with Crippen LogP contribution in [0.25, 0.3) is 16.7 Å². The van der Waals surface area contributed by atoms with Gasteiger partial charge in [-0.1, -0.05) is 23.7 Å². The number of rotatable bonds is 4. The Hall–Kier alpha value is -2.70. The molecule has 0 fully saturated rings. The number of hydrogen-bond donors (Lipinski definition) is 1. The van der Waals surface area contributed by atoms with Crippen molar-refractivity contribution in [2.45, 2.75) is 0 Å². The zero-order valence-electron chi connectivity index (χ0n) is 12.3. The fourth-order valence-electron chi connectivity index (χ4n) is 2.41. The summed E-state index contributed by atoms with van der Waals surface area (Å²) in [6.45, 7) is 0. The number of pyridine rings is 1. The van der Waals surface area contributed by atoms with Crippen LogP contribution >= 0.6 is 22.9 Å². The van der Waals surface area contributed by atoms with Crippen molar-refractivity contribution in [3.63, 3.8) is 0 Å². The smallest absolute Gasteiger partial charge is 0.160 e. The van der Waals surface area contributed by atoms with E-state index in [1.165, 1.54) is 11.3 Å². The highest BCUT2D eigenvalue weighted by atomic mass is 35.5. The second kappa shape index (κ2) is 6.07. The molecule has 0 saturated carbocycles. The van der Waals surface area contributed by atoms with Gasteiger partial charge in [0.2, 0.25) is 0 Å². The van der Waals surface area contributed by atoms with Crippen LogP contribution in [0.3, 0.4) is 0 Å². The summed E-state index contributed by atoms with van der Waals surface area (Å²) in [6, 6.07) is 13.1. The minimum absolute atomic E-state index is 0.634. The first-order valence-electron chi connectivity index (χ1n) is 7.15. The molecule has 0 aliphatic heterocycles. The predicted molar refractivity (Wildman–Crippen MR) is 96.9 cm³/mol. The summed E-state index contributed by atoms with van der Waals surface area (Å²) in [5, 5.41) is 10.1. The van der Waals surface area contributed by atoms with E-state index in [0.717, 1.165) is 28.7 Å². The number of nitrogens with zero attached hydrogens (tertiary/aromatic N) is 3. The molecule has 4 rings (SSSR count). The van der Waals surface area contributed by atoms with Gasteiger partial charge in [0.1, 0.15) is 11.3 Å². The number of fused-ring (bicyclic) bond motifs is 1. The van der Waals surface area contributed by atoms with E-state index >= 15 is 0 Å². The first-order valence-corrected chi connectivity index (χ1v) is 8.41. The fourth-order valence-corrected chi connectivity index (χ4v) is 3.26. The van der Waals surface area contributed by atoms with E-state index in [9.17, 15) is 4.79 Å². The maximum absolute atomic E-state index is 10.8. The molecule has 5 nitrogen and oxygen atoms in total. The van der Waals surface area contributed by atoms with Crippen LogP contribution in [-0.2, 0) is 0 Å². The van der Waals surface area contributed by atoms with Gasteiger partial charge in [-0.25, -0.2) is 9.67 Å². The third kappa shape index (κ3) is 2.66. The highest BCUT2D eigenvalue weighted by Gasteiger charge is 2.09. The molecule has 0 unspecified atom stereocenters. The van der Waals surface area contributed by atoms with Gasteiger partial charge in [-0.05, 0) is 30.3 Å². The zero-order chi connectivity index (χ0) is 16.5. The van der Waals surface area contributed by atoms with E-state index in [0.29, 0.717) is 15.7 Å². The summed E-state index contributed by atoms with van der Waals surface area (Å²) in [6.07, 6.45) is 2.54. The van der Waals surface area contributed by atoms with E-state index < -0.39 is 0 Å². The molecule has 0 aliphatic rings. The second-order valence-corrected chi connectivity index (χ2v) is 6.44. The fraction of sp³-hybridized carbons (Fsp3) is 0. The number of carbonyl (C=O) groups excluding carboxylic acids is 1. The molecule has 0 radical (unpaired) electrons. The molecular formula is C17H11ClN4OS. The number of benzene rings is 1. The molecular weight excluding hydrogens is 344 g/mol. The molecule has 3 heterocycles. The number of aromatic nitrogens is 3. The van der Waals surface area contributed by atoms with E-state index in [1.54, 1.807) is 16.9 Å². The van der Waals surface area contributed by atoms with Gasteiger partial charge in [-0.15, -0.1) is 11.3 Å². The monoisotopic (exact) mass is 354 g/mol. The Kier molecular flexibility index (Phi) is 3.76. The second-order valence-electron chi connectivity index (χ2n) is 5.09. The van der Waals surface area contributed by atoms with Crippen LogP contribution in [0, 0.1) is 0 Å². The number of hydrogen-bond acceptors (Lipinski definition) is 5. The maximum Gasteiger partial charge on any atom is 0.160 e. The average molecular weight is 355 g/mol. The third-order valence-corrected chi connectivity index (χ3v) is 4.70. The first-order chi connectivity index (χ1) is 11.7. The molecule has 0 spiro atoms. The van der Waals surface area contributed by atoms with Gasteiger partial charge in [-0.3, -0.25) is 4.79 Å². The lowest BCUT2D eigenvalue weighted by Gasteiger charge is -2.07. The van der Waals surface area contributed by atoms with Crippen molar-refractivity contribution in [2.75, 3.05) is 5.32 Å². The molecule has 7 heteroatoms. The molecule has 24 heavy (non-hydrogen) atoms. The van der Waals surface area contributed by atoms with Gasteiger partial charge in [0.15, 0.2) is 6.29 Å². The molecule has 4 aromatic rings.